The lowest BCUT2D eigenvalue weighted by Gasteiger charge is -2.01. The molecule has 0 bridgehead atoms. The van der Waals surface area contributed by atoms with Crippen molar-refractivity contribution >= 4 is 0 Å². The van der Waals surface area contributed by atoms with Crippen LogP contribution in [0.4, 0.5) is 0 Å². The van der Waals surface area contributed by atoms with Gasteiger partial charge < -0.3 is 9.94 Å². The number of unbranched alkanes of at least 4 members (excludes halogenated alkanes) is 7. The lowest BCUT2D eigenvalue weighted by atomic mass is 10.1. The van der Waals surface area contributed by atoms with Gasteiger partial charge in [-0.3, -0.25) is 0 Å². The van der Waals surface area contributed by atoms with Crippen LogP contribution in [-0.4, -0.2) is 23.4 Å². The van der Waals surface area contributed by atoms with Crippen LogP contribution in [0.5, 0.6) is 0 Å². The maximum absolute atomic E-state index is 9.80. The zero-order valence-corrected chi connectivity index (χ0v) is 9.19. The first-order valence-corrected chi connectivity index (χ1v) is 5.65. The maximum atomic E-state index is 9.80. The summed E-state index contributed by atoms with van der Waals surface area (Å²) < 4.78 is 0. The molecule has 0 saturated heterocycles. The van der Waals surface area contributed by atoms with Gasteiger partial charge in [0.1, 0.15) is 0 Å². The lowest BCUT2D eigenvalue weighted by Crippen LogP contribution is -2.01. The molecule has 0 atom stereocenters. The van der Waals surface area contributed by atoms with Gasteiger partial charge in [0.15, 0.2) is 0 Å². The first-order chi connectivity index (χ1) is 7.27. The Bertz CT molecular complexity index is 152. The average molecular weight is 219 g/mol. The number of hydrogen-bond acceptors (Lipinski definition) is 4. The third-order valence-corrected chi connectivity index (χ3v) is 2.25. The molecule has 0 aliphatic rings. The van der Waals surface area contributed by atoms with Gasteiger partial charge in [-0.05, 0) is 12.8 Å². The van der Waals surface area contributed by atoms with E-state index in [2.05, 4.69) is 4.84 Å². The number of hydrogen-bond donors (Lipinski definition) is 1. The molecule has 0 aromatic heterocycles. The highest BCUT2D eigenvalue weighted by Gasteiger charge is 1.95. The molecular formula is C10H21NO4. The predicted molar refractivity (Wildman–Crippen MR) is 57.0 cm³/mol. The van der Waals surface area contributed by atoms with Crippen LogP contribution < -0.4 is 0 Å². The summed E-state index contributed by atoms with van der Waals surface area (Å²) in [4.78, 5) is 14.0. The zero-order valence-electron chi connectivity index (χ0n) is 9.19. The zero-order chi connectivity index (χ0) is 11.4. The molecule has 0 aliphatic carbocycles. The number of nitrogens with zero attached hydrogens (tertiary/aromatic N) is 1. The van der Waals surface area contributed by atoms with Crippen molar-refractivity contribution in [1.29, 1.82) is 0 Å². The van der Waals surface area contributed by atoms with Crippen molar-refractivity contribution < 1.29 is 15.0 Å². The van der Waals surface area contributed by atoms with Crippen LogP contribution in [0.1, 0.15) is 51.4 Å². The van der Waals surface area contributed by atoms with Crippen LogP contribution in [0, 0.1) is 10.1 Å². The van der Waals surface area contributed by atoms with Gasteiger partial charge in [-0.1, -0.05) is 38.5 Å². The van der Waals surface area contributed by atoms with Gasteiger partial charge in [0, 0.05) is 6.61 Å². The fraction of sp³-hybridized carbons (Fsp3) is 1.00. The normalized spacial score (nSPS) is 10.2. The summed E-state index contributed by atoms with van der Waals surface area (Å²) in [5.41, 5.74) is 0. The summed E-state index contributed by atoms with van der Waals surface area (Å²) in [7, 11) is 0. The Morgan fingerprint density at radius 1 is 0.933 bits per heavy atom. The van der Waals surface area contributed by atoms with Crippen LogP contribution in [0.25, 0.3) is 0 Å². The second-order valence-corrected chi connectivity index (χ2v) is 3.61. The second kappa shape index (κ2) is 11.2. The Hall–Kier alpha value is -0.840. The first kappa shape index (κ1) is 14.2. The number of rotatable bonds is 11. The summed E-state index contributed by atoms with van der Waals surface area (Å²) in [6.07, 6.45) is 8.40. The van der Waals surface area contributed by atoms with Gasteiger partial charge in [-0.15, -0.1) is 10.1 Å². The van der Waals surface area contributed by atoms with Crippen molar-refractivity contribution in [2.75, 3.05) is 13.2 Å². The van der Waals surface area contributed by atoms with Crippen molar-refractivity contribution in [2.45, 2.75) is 51.4 Å². The van der Waals surface area contributed by atoms with E-state index in [9.17, 15) is 10.1 Å². The maximum Gasteiger partial charge on any atom is 0.294 e. The summed E-state index contributed by atoms with van der Waals surface area (Å²) >= 11 is 0. The second-order valence-electron chi connectivity index (χ2n) is 3.61. The molecule has 0 saturated carbocycles. The van der Waals surface area contributed by atoms with Crippen LogP contribution in [0.2, 0.25) is 0 Å². The molecule has 0 radical (unpaired) electrons. The largest absolute Gasteiger partial charge is 0.396 e. The summed E-state index contributed by atoms with van der Waals surface area (Å²) in [6, 6.07) is 0. The van der Waals surface area contributed by atoms with Crippen LogP contribution in [0.15, 0.2) is 0 Å². The quantitative estimate of drug-likeness (QED) is 0.329. The van der Waals surface area contributed by atoms with Crippen molar-refractivity contribution in [3.05, 3.63) is 10.1 Å². The van der Waals surface area contributed by atoms with Crippen LogP contribution >= 0.6 is 0 Å². The average Bonchev–Trinajstić information content (AvgIpc) is 2.20. The third kappa shape index (κ3) is 13.2. The Labute approximate surface area is 90.5 Å². The van der Waals surface area contributed by atoms with Gasteiger partial charge in [0.05, 0.1) is 6.61 Å². The molecule has 0 fully saturated rings. The van der Waals surface area contributed by atoms with E-state index in [1.165, 1.54) is 19.3 Å². The number of aliphatic hydroxyl groups is 1. The molecule has 0 amide bonds. The van der Waals surface area contributed by atoms with E-state index in [-0.39, 0.29) is 13.2 Å². The van der Waals surface area contributed by atoms with E-state index < -0.39 is 5.09 Å². The van der Waals surface area contributed by atoms with Crippen molar-refractivity contribution in [2.24, 2.45) is 0 Å². The molecule has 5 heteroatoms. The van der Waals surface area contributed by atoms with Gasteiger partial charge in [-0.25, -0.2) is 0 Å². The third-order valence-electron chi connectivity index (χ3n) is 2.25. The summed E-state index contributed by atoms with van der Waals surface area (Å²) in [5, 5.41) is 17.6. The fourth-order valence-electron chi connectivity index (χ4n) is 1.41. The molecule has 90 valence electrons. The van der Waals surface area contributed by atoms with E-state index in [1.807, 2.05) is 0 Å². The SMILES string of the molecule is O=[N+]([O-])OCCCCCCCCCCO. The van der Waals surface area contributed by atoms with Gasteiger partial charge in [0.2, 0.25) is 0 Å². The first-order valence-electron chi connectivity index (χ1n) is 5.65. The van der Waals surface area contributed by atoms with E-state index in [0.717, 1.165) is 32.1 Å². The monoisotopic (exact) mass is 219 g/mol. The number of aliphatic hydroxyl groups excluding tert-OH is 1. The predicted octanol–water partition coefficient (Wildman–Crippen LogP) is 2.31. The minimum Gasteiger partial charge on any atom is -0.396 e. The molecular weight excluding hydrogens is 198 g/mol. The Kier molecular flexibility index (Phi) is 10.6. The lowest BCUT2D eigenvalue weighted by molar-refractivity contribution is -0.757. The van der Waals surface area contributed by atoms with E-state index in [0.29, 0.717) is 0 Å². The van der Waals surface area contributed by atoms with Crippen LogP contribution in [-0.2, 0) is 4.84 Å². The molecule has 0 unspecified atom stereocenters. The molecule has 15 heavy (non-hydrogen) atoms. The highest BCUT2D eigenvalue weighted by Crippen LogP contribution is 2.08. The minimum atomic E-state index is -0.741. The summed E-state index contributed by atoms with van der Waals surface area (Å²) in [5.74, 6) is 0. The topological polar surface area (TPSA) is 72.6 Å². The molecule has 0 aromatic rings. The fourth-order valence-corrected chi connectivity index (χ4v) is 1.41. The molecule has 0 aromatic carbocycles. The smallest absolute Gasteiger partial charge is 0.294 e. The highest BCUT2D eigenvalue weighted by atomic mass is 16.9. The summed E-state index contributed by atoms with van der Waals surface area (Å²) in [6.45, 7) is 0.510. The standard InChI is InChI=1S/C10H21NO4/c12-9-7-5-3-1-2-4-6-8-10-15-11(13)14/h12H,1-10H2. The van der Waals surface area contributed by atoms with E-state index >= 15 is 0 Å². The van der Waals surface area contributed by atoms with Crippen molar-refractivity contribution in [1.82, 2.24) is 0 Å². The molecule has 0 heterocycles. The molecule has 0 aliphatic heterocycles. The van der Waals surface area contributed by atoms with E-state index in [4.69, 9.17) is 5.11 Å². The highest BCUT2D eigenvalue weighted by molar-refractivity contribution is 4.46. The molecule has 5 nitrogen and oxygen atoms in total. The Morgan fingerprint density at radius 2 is 1.40 bits per heavy atom. The van der Waals surface area contributed by atoms with Crippen LogP contribution in [0.3, 0.4) is 0 Å². The van der Waals surface area contributed by atoms with Crippen molar-refractivity contribution in [3.8, 4) is 0 Å². The molecule has 1 N–H and O–H groups in total. The van der Waals surface area contributed by atoms with E-state index in [1.54, 1.807) is 0 Å². The Balaban J connectivity index is 2.89. The van der Waals surface area contributed by atoms with Gasteiger partial charge in [-0.2, -0.15) is 0 Å². The van der Waals surface area contributed by atoms with Gasteiger partial charge >= 0.3 is 0 Å². The van der Waals surface area contributed by atoms with Crippen molar-refractivity contribution in [3.63, 3.8) is 0 Å². The minimum absolute atomic E-state index is 0.220. The Morgan fingerprint density at radius 3 is 1.87 bits per heavy atom. The molecule has 0 rings (SSSR count). The van der Waals surface area contributed by atoms with Gasteiger partial charge in [0.25, 0.3) is 5.09 Å². The molecule has 0 spiro atoms.